The fraction of sp³-hybridized carbons (Fsp3) is 0.129. The van der Waals surface area contributed by atoms with E-state index in [0.29, 0.717) is 33.5 Å². The summed E-state index contributed by atoms with van der Waals surface area (Å²) in [5.41, 5.74) is 3.60. The Morgan fingerprint density at radius 2 is 1.62 bits per heavy atom. The molecular formula is C31H27FN2O5S. The molecule has 9 heteroatoms. The Kier molecular flexibility index (Phi) is 7.32. The number of sulfonamides is 1. The first-order valence-electron chi connectivity index (χ1n) is 12.4. The van der Waals surface area contributed by atoms with Crippen LogP contribution in [0.1, 0.15) is 15.9 Å². The molecule has 0 radical (unpaired) electrons. The average Bonchev–Trinajstić information content (AvgIpc) is 3.34. The van der Waals surface area contributed by atoms with E-state index in [9.17, 15) is 17.6 Å². The summed E-state index contributed by atoms with van der Waals surface area (Å²) >= 11 is 0. The number of methoxy groups -OCH3 is 1. The number of carbonyl (C=O) groups excluding carboxylic acids is 1. The molecule has 0 saturated heterocycles. The highest BCUT2D eigenvalue weighted by Gasteiger charge is 2.27. The third kappa shape index (κ3) is 5.28. The molecule has 0 saturated carbocycles. The van der Waals surface area contributed by atoms with Crippen LogP contribution in [0.4, 0.5) is 10.1 Å². The molecule has 0 aliphatic heterocycles. The van der Waals surface area contributed by atoms with E-state index in [4.69, 9.17) is 9.15 Å². The lowest BCUT2D eigenvalue weighted by molar-refractivity contribution is 0.0964. The first-order valence-corrected chi connectivity index (χ1v) is 14.3. The Morgan fingerprint density at radius 1 is 0.950 bits per heavy atom. The van der Waals surface area contributed by atoms with E-state index in [2.05, 4.69) is 5.32 Å². The van der Waals surface area contributed by atoms with Crippen molar-refractivity contribution in [1.29, 1.82) is 0 Å². The molecule has 4 aromatic carbocycles. The number of nitrogens with zero attached hydrogens (tertiary/aromatic N) is 1. The van der Waals surface area contributed by atoms with Gasteiger partial charge in [0, 0.05) is 29.6 Å². The topological polar surface area (TPSA) is 88.8 Å². The summed E-state index contributed by atoms with van der Waals surface area (Å²) in [6.07, 6.45) is 1.15. The van der Waals surface area contributed by atoms with Gasteiger partial charge in [0.2, 0.25) is 10.0 Å². The second-order valence-electron chi connectivity index (χ2n) is 9.24. The number of nitrogens with one attached hydrogen (secondary N) is 1. The van der Waals surface area contributed by atoms with Crippen LogP contribution in [0.3, 0.4) is 0 Å². The van der Waals surface area contributed by atoms with Gasteiger partial charge >= 0.3 is 0 Å². The lowest BCUT2D eigenvalue weighted by atomic mass is 9.98. The Balaban J connectivity index is 1.78. The van der Waals surface area contributed by atoms with Gasteiger partial charge < -0.3 is 14.5 Å². The van der Waals surface area contributed by atoms with Crippen LogP contribution in [-0.4, -0.2) is 34.7 Å². The number of rotatable bonds is 8. The third-order valence-electron chi connectivity index (χ3n) is 6.61. The minimum absolute atomic E-state index is 0.0575. The van der Waals surface area contributed by atoms with Gasteiger partial charge in [0.1, 0.15) is 22.9 Å². The van der Waals surface area contributed by atoms with Gasteiger partial charge in [0.05, 0.1) is 31.2 Å². The number of benzene rings is 4. The standard InChI is InChI=1S/C31H27FN2O5S/c1-33-31(35)29-26-17-25(21-7-5-4-6-8-21)27(18-28(26)39-30(29)22-11-13-23(32)14-12-22)34(40(3,36)37)19-20-9-15-24(38-2)16-10-20/h4-18H,19H2,1-3H3,(H,33,35). The molecule has 0 aliphatic carbocycles. The minimum atomic E-state index is -3.77. The maximum Gasteiger partial charge on any atom is 0.255 e. The van der Waals surface area contributed by atoms with Crippen molar-refractivity contribution < 1.29 is 26.8 Å². The summed E-state index contributed by atoms with van der Waals surface area (Å²) in [4.78, 5) is 13.1. The number of furan rings is 1. The van der Waals surface area contributed by atoms with Gasteiger partial charge in [0.15, 0.2) is 0 Å². The number of anilines is 1. The van der Waals surface area contributed by atoms with Crippen molar-refractivity contribution in [2.75, 3.05) is 24.7 Å². The zero-order chi connectivity index (χ0) is 28.4. The van der Waals surface area contributed by atoms with Crippen molar-refractivity contribution in [1.82, 2.24) is 5.32 Å². The number of ether oxygens (including phenoxy) is 1. The predicted molar refractivity (Wildman–Crippen MR) is 154 cm³/mol. The number of hydrogen-bond acceptors (Lipinski definition) is 5. The molecule has 7 nitrogen and oxygen atoms in total. The van der Waals surface area contributed by atoms with Crippen LogP contribution in [0, 0.1) is 5.82 Å². The van der Waals surface area contributed by atoms with Gasteiger partial charge in [-0.2, -0.15) is 0 Å². The fourth-order valence-electron chi connectivity index (χ4n) is 4.62. The van der Waals surface area contributed by atoms with Crippen LogP contribution in [0.25, 0.3) is 33.4 Å². The van der Waals surface area contributed by atoms with Crippen LogP contribution in [0.5, 0.6) is 5.75 Å². The maximum atomic E-state index is 13.7. The van der Waals surface area contributed by atoms with Gasteiger partial charge in [-0.25, -0.2) is 12.8 Å². The number of halogens is 1. The van der Waals surface area contributed by atoms with E-state index in [1.165, 1.54) is 35.6 Å². The molecule has 0 atom stereocenters. The molecule has 1 heterocycles. The summed E-state index contributed by atoms with van der Waals surface area (Å²) in [6, 6.07) is 25.5. The normalized spacial score (nSPS) is 11.4. The number of fused-ring (bicyclic) bond motifs is 1. The van der Waals surface area contributed by atoms with E-state index < -0.39 is 15.8 Å². The Labute approximate surface area is 231 Å². The summed E-state index contributed by atoms with van der Waals surface area (Å²) in [7, 11) is -0.691. The monoisotopic (exact) mass is 558 g/mol. The summed E-state index contributed by atoms with van der Waals surface area (Å²) < 4.78 is 52.9. The summed E-state index contributed by atoms with van der Waals surface area (Å²) in [5, 5.41) is 3.15. The second-order valence-corrected chi connectivity index (χ2v) is 11.1. The van der Waals surface area contributed by atoms with Crippen LogP contribution >= 0.6 is 0 Å². The SMILES string of the molecule is CNC(=O)c1c(-c2ccc(F)cc2)oc2cc(N(Cc3ccc(OC)cc3)S(C)(=O)=O)c(-c3ccccc3)cc12. The molecule has 1 N–H and O–H groups in total. The van der Waals surface area contributed by atoms with Crippen molar-refractivity contribution in [2.24, 2.45) is 0 Å². The van der Waals surface area contributed by atoms with Crippen molar-refractivity contribution in [2.45, 2.75) is 6.54 Å². The van der Waals surface area contributed by atoms with E-state index in [1.54, 1.807) is 43.5 Å². The largest absolute Gasteiger partial charge is 0.497 e. The van der Waals surface area contributed by atoms with Crippen LogP contribution in [0.2, 0.25) is 0 Å². The van der Waals surface area contributed by atoms with Crippen molar-refractivity contribution >= 4 is 32.6 Å². The lowest BCUT2D eigenvalue weighted by Crippen LogP contribution is -2.29. The molecule has 0 spiro atoms. The third-order valence-corrected chi connectivity index (χ3v) is 7.73. The summed E-state index contributed by atoms with van der Waals surface area (Å²) in [5.74, 6) is 0.110. The van der Waals surface area contributed by atoms with Crippen molar-refractivity contribution in [3.63, 3.8) is 0 Å². The lowest BCUT2D eigenvalue weighted by Gasteiger charge is -2.25. The van der Waals surface area contributed by atoms with E-state index in [0.717, 1.165) is 17.4 Å². The quantitative estimate of drug-likeness (QED) is 0.244. The molecule has 40 heavy (non-hydrogen) atoms. The predicted octanol–water partition coefficient (Wildman–Crippen LogP) is 6.24. The molecule has 0 fully saturated rings. The molecule has 0 bridgehead atoms. The number of hydrogen-bond donors (Lipinski definition) is 1. The molecular weight excluding hydrogens is 531 g/mol. The molecule has 204 valence electrons. The second kappa shape index (κ2) is 10.9. The highest BCUT2D eigenvalue weighted by atomic mass is 32.2. The maximum absolute atomic E-state index is 13.7. The first kappa shape index (κ1) is 27.0. The van der Waals surface area contributed by atoms with Crippen molar-refractivity contribution in [3.8, 4) is 28.2 Å². The van der Waals surface area contributed by atoms with Crippen LogP contribution in [-0.2, 0) is 16.6 Å². The minimum Gasteiger partial charge on any atom is -0.497 e. The van der Waals surface area contributed by atoms with Crippen LogP contribution in [0.15, 0.2) is 95.4 Å². The zero-order valence-electron chi connectivity index (χ0n) is 22.1. The van der Waals surface area contributed by atoms with E-state index in [-0.39, 0.29) is 23.8 Å². The van der Waals surface area contributed by atoms with Gasteiger partial charge in [-0.3, -0.25) is 9.10 Å². The Hall–Kier alpha value is -4.63. The van der Waals surface area contributed by atoms with E-state index in [1.807, 2.05) is 30.3 Å². The van der Waals surface area contributed by atoms with Crippen molar-refractivity contribution in [3.05, 3.63) is 108 Å². The van der Waals surface area contributed by atoms with E-state index >= 15 is 0 Å². The Bertz CT molecular complexity index is 1780. The average molecular weight is 559 g/mol. The van der Waals surface area contributed by atoms with Gasteiger partial charge in [0.25, 0.3) is 5.91 Å². The fourth-order valence-corrected chi connectivity index (χ4v) is 5.51. The number of amides is 1. The molecule has 1 aromatic heterocycles. The zero-order valence-corrected chi connectivity index (χ0v) is 23.0. The molecule has 5 rings (SSSR count). The highest BCUT2D eigenvalue weighted by Crippen LogP contribution is 2.42. The molecule has 5 aromatic rings. The molecule has 0 aliphatic rings. The van der Waals surface area contributed by atoms with Gasteiger partial charge in [-0.05, 0) is 53.6 Å². The summed E-state index contributed by atoms with van der Waals surface area (Å²) in [6.45, 7) is 0.0575. The molecule has 1 amide bonds. The van der Waals surface area contributed by atoms with Crippen LogP contribution < -0.4 is 14.4 Å². The first-order chi connectivity index (χ1) is 19.2. The smallest absolute Gasteiger partial charge is 0.255 e. The van der Waals surface area contributed by atoms with Gasteiger partial charge in [-0.15, -0.1) is 0 Å². The number of carbonyl (C=O) groups is 1. The van der Waals surface area contributed by atoms with Gasteiger partial charge in [-0.1, -0.05) is 42.5 Å². The molecule has 0 unspecified atom stereocenters. The Morgan fingerprint density at radius 3 is 2.23 bits per heavy atom. The highest BCUT2D eigenvalue weighted by molar-refractivity contribution is 7.92.